The fraction of sp³-hybridized carbons (Fsp3) is 0.208. The largest absolute Gasteiger partial charge is 0.486 e. The topological polar surface area (TPSA) is 117 Å². The van der Waals surface area contributed by atoms with Crippen LogP contribution < -0.4 is 15.4 Å². The minimum Gasteiger partial charge on any atom is -0.486 e. The number of ether oxygens (including phenoxy) is 1. The minimum atomic E-state index is -0.565. The van der Waals surface area contributed by atoms with E-state index in [9.17, 15) is 9.59 Å². The van der Waals surface area contributed by atoms with E-state index in [-0.39, 0.29) is 11.6 Å². The number of carbonyl (C=O) groups excluding carboxylic acids is 2. The van der Waals surface area contributed by atoms with Gasteiger partial charge in [0.15, 0.2) is 0 Å². The number of carbonyl (C=O) groups is 2. The number of nitrogens with zero attached hydrogens (tertiary/aromatic N) is 3. The van der Waals surface area contributed by atoms with Gasteiger partial charge in [0.05, 0.1) is 18.0 Å². The van der Waals surface area contributed by atoms with Crippen molar-refractivity contribution in [1.29, 1.82) is 5.26 Å². The van der Waals surface area contributed by atoms with E-state index in [1.165, 1.54) is 6.20 Å². The van der Waals surface area contributed by atoms with Gasteiger partial charge in [-0.1, -0.05) is 19.1 Å². The minimum absolute atomic E-state index is 0.208. The molecule has 1 atom stereocenters. The second-order valence-electron chi connectivity index (χ2n) is 7.04. The lowest BCUT2D eigenvalue weighted by atomic mass is 10.1. The Hall–Kier alpha value is -4.25. The third-order valence-corrected chi connectivity index (χ3v) is 4.70. The molecule has 162 valence electrons. The fourth-order valence-corrected chi connectivity index (χ4v) is 2.79. The molecule has 0 spiro atoms. The Kier molecular flexibility index (Phi) is 7.49. The van der Waals surface area contributed by atoms with Gasteiger partial charge in [-0.05, 0) is 55.3 Å². The summed E-state index contributed by atoms with van der Waals surface area (Å²) >= 11 is 0. The number of amides is 2. The van der Waals surface area contributed by atoms with Crippen LogP contribution in [0.3, 0.4) is 0 Å². The van der Waals surface area contributed by atoms with Crippen molar-refractivity contribution in [2.45, 2.75) is 32.9 Å². The van der Waals surface area contributed by atoms with Gasteiger partial charge in [-0.2, -0.15) is 5.26 Å². The van der Waals surface area contributed by atoms with Crippen LogP contribution in [0.4, 0.5) is 5.69 Å². The Morgan fingerprint density at radius 1 is 1.12 bits per heavy atom. The molecule has 0 saturated heterocycles. The van der Waals surface area contributed by atoms with Crippen LogP contribution >= 0.6 is 0 Å². The van der Waals surface area contributed by atoms with Crippen molar-refractivity contribution in [3.63, 3.8) is 0 Å². The molecule has 0 aliphatic carbocycles. The molecule has 2 aromatic heterocycles. The summed E-state index contributed by atoms with van der Waals surface area (Å²) in [7, 11) is 0. The Labute approximate surface area is 186 Å². The molecular formula is C24H23N5O3. The Morgan fingerprint density at radius 2 is 1.97 bits per heavy atom. The van der Waals surface area contributed by atoms with Crippen LogP contribution in [0.5, 0.6) is 5.75 Å². The molecule has 2 heterocycles. The first kappa shape index (κ1) is 22.4. The second-order valence-corrected chi connectivity index (χ2v) is 7.04. The molecule has 0 aliphatic rings. The molecule has 0 bridgehead atoms. The van der Waals surface area contributed by atoms with Crippen molar-refractivity contribution in [2.24, 2.45) is 0 Å². The Balaban J connectivity index is 1.65. The first-order valence-corrected chi connectivity index (χ1v) is 10.1. The van der Waals surface area contributed by atoms with Crippen LogP contribution in [0, 0.1) is 18.3 Å². The number of rotatable bonds is 8. The van der Waals surface area contributed by atoms with Crippen LogP contribution in [0.15, 0.2) is 60.9 Å². The molecule has 1 aromatic carbocycles. The molecule has 0 saturated carbocycles. The summed E-state index contributed by atoms with van der Waals surface area (Å²) in [5.41, 5.74) is 2.63. The first-order chi connectivity index (χ1) is 15.5. The zero-order valence-electron chi connectivity index (χ0n) is 17.8. The van der Waals surface area contributed by atoms with Gasteiger partial charge in [0.2, 0.25) is 0 Å². The van der Waals surface area contributed by atoms with Gasteiger partial charge >= 0.3 is 0 Å². The highest BCUT2D eigenvalue weighted by Gasteiger charge is 2.15. The highest BCUT2D eigenvalue weighted by atomic mass is 16.5. The summed E-state index contributed by atoms with van der Waals surface area (Å²) in [5, 5.41) is 14.5. The van der Waals surface area contributed by atoms with Gasteiger partial charge < -0.3 is 15.4 Å². The van der Waals surface area contributed by atoms with E-state index in [0.29, 0.717) is 30.0 Å². The van der Waals surface area contributed by atoms with Crippen LogP contribution in [0.1, 0.15) is 45.4 Å². The van der Waals surface area contributed by atoms with Crippen LogP contribution in [0.2, 0.25) is 0 Å². The normalized spacial score (nSPS) is 11.2. The maximum absolute atomic E-state index is 12.6. The molecule has 2 N–H and O–H groups in total. The maximum Gasteiger partial charge on any atom is 0.274 e. The van der Waals surface area contributed by atoms with Crippen molar-refractivity contribution in [1.82, 2.24) is 15.3 Å². The van der Waals surface area contributed by atoms with E-state index >= 15 is 0 Å². The molecule has 8 heteroatoms. The predicted octanol–water partition coefficient (Wildman–Crippen LogP) is 3.65. The third kappa shape index (κ3) is 5.89. The SMILES string of the molecule is CCC(C#N)NC(=O)c1ccc(C)c(NC(=O)c2ccc(OCc3ccccn3)cn2)c1. The number of hydrogen-bond donors (Lipinski definition) is 2. The zero-order chi connectivity index (χ0) is 22.9. The van der Waals surface area contributed by atoms with Gasteiger partial charge in [0.25, 0.3) is 11.8 Å². The third-order valence-electron chi connectivity index (χ3n) is 4.70. The maximum atomic E-state index is 12.6. The molecule has 8 nitrogen and oxygen atoms in total. The lowest BCUT2D eigenvalue weighted by Crippen LogP contribution is -2.33. The second kappa shape index (κ2) is 10.7. The molecule has 2 amide bonds. The molecule has 3 rings (SSSR count). The molecule has 0 radical (unpaired) electrons. The lowest BCUT2D eigenvalue weighted by molar-refractivity contribution is 0.0943. The molecule has 32 heavy (non-hydrogen) atoms. The smallest absolute Gasteiger partial charge is 0.274 e. The average molecular weight is 429 g/mol. The van der Waals surface area contributed by atoms with Crippen LogP contribution in [-0.4, -0.2) is 27.8 Å². The monoisotopic (exact) mass is 429 g/mol. The number of nitrogens with one attached hydrogen (secondary N) is 2. The summed E-state index contributed by atoms with van der Waals surface area (Å²) < 4.78 is 5.63. The predicted molar refractivity (Wildman–Crippen MR) is 119 cm³/mol. The standard InChI is InChI=1S/C24H23N5O3/c1-3-18(13-25)28-23(30)17-8-7-16(2)22(12-17)29-24(31)21-10-9-20(14-27-21)32-15-19-6-4-5-11-26-19/h4-12,14,18H,3,15H2,1-2H3,(H,28,30)(H,29,31). The zero-order valence-corrected chi connectivity index (χ0v) is 17.8. The summed E-state index contributed by atoms with van der Waals surface area (Å²) in [5.74, 6) is -0.267. The van der Waals surface area contributed by atoms with Crippen molar-refractivity contribution in [3.8, 4) is 11.8 Å². The van der Waals surface area contributed by atoms with Crippen molar-refractivity contribution < 1.29 is 14.3 Å². The molecule has 3 aromatic rings. The van der Waals surface area contributed by atoms with E-state index in [0.717, 1.165) is 11.3 Å². The number of aryl methyl sites for hydroxylation is 1. The average Bonchev–Trinajstić information content (AvgIpc) is 2.83. The number of hydrogen-bond acceptors (Lipinski definition) is 6. The van der Waals surface area contributed by atoms with Crippen molar-refractivity contribution in [2.75, 3.05) is 5.32 Å². The summed E-state index contributed by atoms with van der Waals surface area (Å²) in [6, 6.07) is 15.2. The van der Waals surface area contributed by atoms with Gasteiger partial charge in [-0.3, -0.25) is 14.6 Å². The summed E-state index contributed by atoms with van der Waals surface area (Å²) in [6.45, 7) is 3.94. The van der Waals surface area contributed by atoms with E-state index in [1.54, 1.807) is 36.5 Å². The Morgan fingerprint density at radius 3 is 2.62 bits per heavy atom. The quantitative estimate of drug-likeness (QED) is 0.564. The van der Waals surface area contributed by atoms with Crippen molar-refractivity contribution >= 4 is 17.5 Å². The first-order valence-electron chi connectivity index (χ1n) is 10.1. The summed E-state index contributed by atoms with van der Waals surface area (Å²) in [6.07, 6.45) is 3.67. The number of pyridine rings is 2. The van der Waals surface area contributed by atoms with E-state index in [4.69, 9.17) is 10.00 Å². The van der Waals surface area contributed by atoms with E-state index in [2.05, 4.69) is 20.6 Å². The molecule has 0 fully saturated rings. The molecular weight excluding hydrogens is 406 g/mol. The number of benzene rings is 1. The highest BCUT2D eigenvalue weighted by Crippen LogP contribution is 2.19. The molecule has 1 unspecified atom stereocenters. The number of anilines is 1. The van der Waals surface area contributed by atoms with Gasteiger partial charge in [-0.15, -0.1) is 0 Å². The van der Waals surface area contributed by atoms with Gasteiger partial charge in [-0.25, -0.2) is 4.98 Å². The number of nitriles is 1. The highest BCUT2D eigenvalue weighted by molar-refractivity contribution is 6.04. The summed E-state index contributed by atoms with van der Waals surface area (Å²) in [4.78, 5) is 33.4. The van der Waals surface area contributed by atoms with E-state index in [1.807, 2.05) is 38.1 Å². The fourth-order valence-electron chi connectivity index (χ4n) is 2.79. The Bertz CT molecular complexity index is 1120. The lowest BCUT2D eigenvalue weighted by Gasteiger charge is -2.12. The molecule has 0 aliphatic heterocycles. The number of aromatic nitrogens is 2. The van der Waals surface area contributed by atoms with Crippen LogP contribution in [0.25, 0.3) is 0 Å². The van der Waals surface area contributed by atoms with Gasteiger partial charge in [0.1, 0.15) is 24.1 Å². The van der Waals surface area contributed by atoms with Crippen LogP contribution in [-0.2, 0) is 6.61 Å². The van der Waals surface area contributed by atoms with Crippen molar-refractivity contribution in [3.05, 3.63) is 83.4 Å². The van der Waals surface area contributed by atoms with E-state index < -0.39 is 11.9 Å². The van der Waals surface area contributed by atoms with Gasteiger partial charge in [0, 0.05) is 17.4 Å².